The van der Waals surface area contributed by atoms with Crippen molar-refractivity contribution in [1.29, 1.82) is 0 Å². The fourth-order valence-electron chi connectivity index (χ4n) is 3.64. The number of hydrogen-bond donors (Lipinski definition) is 1. The summed E-state index contributed by atoms with van der Waals surface area (Å²) in [6, 6.07) is 6.79. The maximum absolute atomic E-state index is 12.6. The zero-order valence-electron chi connectivity index (χ0n) is 17.9. The van der Waals surface area contributed by atoms with E-state index in [1.807, 2.05) is 19.1 Å². The molecule has 0 saturated carbocycles. The van der Waals surface area contributed by atoms with Crippen LogP contribution >= 0.6 is 11.6 Å². The van der Waals surface area contributed by atoms with E-state index < -0.39 is 6.04 Å². The Morgan fingerprint density at radius 2 is 1.80 bits per heavy atom. The summed E-state index contributed by atoms with van der Waals surface area (Å²) in [5.41, 5.74) is 0.820. The van der Waals surface area contributed by atoms with Gasteiger partial charge in [0.2, 0.25) is 11.7 Å². The summed E-state index contributed by atoms with van der Waals surface area (Å²) in [4.78, 5) is 19.0. The number of carbonyl (C=O) groups excluding carboxylic acids is 1. The van der Waals surface area contributed by atoms with Gasteiger partial charge < -0.3 is 15.1 Å². The van der Waals surface area contributed by atoms with Crippen LogP contribution in [0.15, 0.2) is 24.3 Å². The van der Waals surface area contributed by atoms with E-state index in [1.165, 1.54) is 4.80 Å². The molecule has 1 aromatic carbocycles. The first-order valence-corrected chi connectivity index (χ1v) is 11.3. The first-order valence-electron chi connectivity index (χ1n) is 10.9. The summed E-state index contributed by atoms with van der Waals surface area (Å²) in [6.07, 6.45) is 2.66. The number of nitrogens with one attached hydrogen (secondary N) is 1. The van der Waals surface area contributed by atoms with Crippen molar-refractivity contribution in [3.05, 3.63) is 29.3 Å². The molecule has 0 radical (unpaired) electrons. The van der Waals surface area contributed by atoms with Gasteiger partial charge in [0.05, 0.1) is 0 Å². The first-order chi connectivity index (χ1) is 14.6. The second-order valence-electron chi connectivity index (χ2n) is 7.64. The molecule has 1 aromatic heterocycles. The number of halogens is 1. The molecule has 0 spiro atoms. The Morgan fingerprint density at radius 3 is 2.47 bits per heavy atom. The summed E-state index contributed by atoms with van der Waals surface area (Å²) in [7, 11) is 0. The molecule has 0 bridgehead atoms. The molecule has 1 aliphatic heterocycles. The van der Waals surface area contributed by atoms with Gasteiger partial charge in [-0.2, -0.15) is 4.80 Å². The molecule has 1 unspecified atom stereocenters. The predicted molar refractivity (Wildman–Crippen MR) is 118 cm³/mol. The standard InChI is InChI=1S/C21H32ClN7O/c1-3-19(29-25-20(24-26-29)17-7-9-18(22)10-8-17)21(30)23-11-5-6-12-28-15-13-27(4-2)14-16-28/h7-10,19H,3-6,11-16H2,1-2H3,(H,23,30). The Hall–Kier alpha value is -2.03. The Kier molecular flexibility index (Phi) is 8.60. The number of piperazine rings is 1. The first kappa shape index (κ1) is 22.7. The SMILES string of the molecule is CCC(C(=O)NCCCCN1CCN(CC)CC1)n1nnc(-c2ccc(Cl)cc2)n1. The Bertz CT molecular complexity index is 787. The minimum Gasteiger partial charge on any atom is -0.354 e. The molecule has 9 heteroatoms. The van der Waals surface area contributed by atoms with Crippen LogP contribution < -0.4 is 5.32 Å². The van der Waals surface area contributed by atoms with Gasteiger partial charge in [0, 0.05) is 43.3 Å². The van der Waals surface area contributed by atoms with Gasteiger partial charge in [-0.25, -0.2) is 0 Å². The smallest absolute Gasteiger partial charge is 0.246 e. The molecule has 30 heavy (non-hydrogen) atoms. The highest BCUT2D eigenvalue weighted by atomic mass is 35.5. The number of likely N-dealkylation sites (N-methyl/N-ethyl adjacent to an activating group) is 1. The number of aromatic nitrogens is 4. The van der Waals surface area contributed by atoms with Crippen LogP contribution in [0.4, 0.5) is 0 Å². The molecule has 164 valence electrons. The quantitative estimate of drug-likeness (QED) is 0.580. The topological polar surface area (TPSA) is 79.2 Å². The van der Waals surface area contributed by atoms with Gasteiger partial charge in [-0.05, 0) is 61.8 Å². The van der Waals surface area contributed by atoms with Crippen molar-refractivity contribution in [2.24, 2.45) is 0 Å². The molecule has 1 N–H and O–H groups in total. The number of unbranched alkanes of at least 4 members (excludes halogenated alkanes) is 1. The highest BCUT2D eigenvalue weighted by molar-refractivity contribution is 6.30. The van der Waals surface area contributed by atoms with Gasteiger partial charge in [0.1, 0.15) is 0 Å². The van der Waals surface area contributed by atoms with Crippen LogP contribution in [-0.2, 0) is 4.79 Å². The number of tetrazole rings is 1. The van der Waals surface area contributed by atoms with E-state index in [1.54, 1.807) is 12.1 Å². The maximum atomic E-state index is 12.6. The molecule has 3 rings (SSSR count). The van der Waals surface area contributed by atoms with Crippen LogP contribution in [0.1, 0.15) is 39.2 Å². The average molecular weight is 434 g/mol. The molecular weight excluding hydrogens is 402 g/mol. The summed E-state index contributed by atoms with van der Waals surface area (Å²) >= 11 is 5.93. The van der Waals surface area contributed by atoms with Gasteiger partial charge in [-0.15, -0.1) is 10.2 Å². The molecule has 1 aliphatic rings. The minimum absolute atomic E-state index is 0.0610. The van der Waals surface area contributed by atoms with Crippen molar-refractivity contribution in [3.63, 3.8) is 0 Å². The second kappa shape index (κ2) is 11.4. The van der Waals surface area contributed by atoms with Crippen LogP contribution in [0.25, 0.3) is 11.4 Å². The van der Waals surface area contributed by atoms with E-state index >= 15 is 0 Å². The van der Waals surface area contributed by atoms with E-state index in [0.717, 1.165) is 57.7 Å². The van der Waals surface area contributed by atoms with E-state index in [9.17, 15) is 4.79 Å². The molecule has 8 nitrogen and oxygen atoms in total. The third-order valence-electron chi connectivity index (χ3n) is 5.61. The van der Waals surface area contributed by atoms with Crippen LogP contribution in [0.2, 0.25) is 5.02 Å². The fourth-order valence-corrected chi connectivity index (χ4v) is 3.77. The number of carbonyl (C=O) groups is 1. The zero-order valence-corrected chi connectivity index (χ0v) is 18.7. The summed E-state index contributed by atoms with van der Waals surface area (Å²) in [5.74, 6) is 0.426. The highest BCUT2D eigenvalue weighted by Gasteiger charge is 2.21. The van der Waals surface area contributed by atoms with Gasteiger partial charge in [-0.1, -0.05) is 25.4 Å². The van der Waals surface area contributed by atoms with Crippen molar-refractivity contribution in [3.8, 4) is 11.4 Å². The lowest BCUT2D eigenvalue weighted by atomic mass is 10.2. The van der Waals surface area contributed by atoms with Gasteiger partial charge in [0.15, 0.2) is 6.04 Å². The lowest BCUT2D eigenvalue weighted by molar-refractivity contribution is -0.125. The van der Waals surface area contributed by atoms with Gasteiger partial charge in [0.25, 0.3) is 0 Å². The molecular formula is C21H32ClN7O. The second-order valence-corrected chi connectivity index (χ2v) is 8.07. The number of nitrogens with zero attached hydrogens (tertiary/aromatic N) is 6. The summed E-state index contributed by atoms with van der Waals surface area (Å²) in [6.45, 7) is 11.7. The molecule has 0 aliphatic carbocycles. The van der Waals surface area contributed by atoms with Crippen molar-refractivity contribution in [1.82, 2.24) is 35.3 Å². The molecule has 1 atom stereocenters. The molecule has 1 amide bonds. The lowest BCUT2D eigenvalue weighted by Crippen LogP contribution is -2.46. The maximum Gasteiger partial charge on any atom is 0.246 e. The average Bonchev–Trinajstić information content (AvgIpc) is 3.24. The molecule has 2 heterocycles. The van der Waals surface area contributed by atoms with Gasteiger partial charge >= 0.3 is 0 Å². The Labute approximate surface area is 183 Å². The van der Waals surface area contributed by atoms with Crippen molar-refractivity contribution in [2.75, 3.05) is 45.8 Å². The normalized spacial score (nSPS) is 16.5. The van der Waals surface area contributed by atoms with Crippen LogP contribution in [0.5, 0.6) is 0 Å². The van der Waals surface area contributed by atoms with E-state index in [2.05, 4.69) is 37.5 Å². The monoisotopic (exact) mass is 433 g/mol. The Balaban J connectivity index is 1.41. The zero-order chi connectivity index (χ0) is 21.3. The number of benzene rings is 1. The summed E-state index contributed by atoms with van der Waals surface area (Å²) < 4.78 is 0. The van der Waals surface area contributed by atoms with Crippen molar-refractivity contribution < 1.29 is 4.79 Å². The largest absolute Gasteiger partial charge is 0.354 e. The van der Waals surface area contributed by atoms with Crippen LogP contribution in [0.3, 0.4) is 0 Å². The predicted octanol–water partition coefficient (Wildman–Crippen LogP) is 2.48. The van der Waals surface area contributed by atoms with Crippen LogP contribution in [-0.4, -0.2) is 81.7 Å². The number of amides is 1. The van der Waals surface area contributed by atoms with Gasteiger partial charge in [-0.3, -0.25) is 4.79 Å². The molecule has 1 fully saturated rings. The van der Waals surface area contributed by atoms with E-state index in [0.29, 0.717) is 23.8 Å². The molecule has 1 saturated heterocycles. The van der Waals surface area contributed by atoms with Crippen LogP contribution in [0, 0.1) is 0 Å². The third kappa shape index (κ3) is 6.23. The third-order valence-corrected chi connectivity index (χ3v) is 5.86. The Morgan fingerprint density at radius 1 is 1.10 bits per heavy atom. The fraction of sp³-hybridized carbons (Fsp3) is 0.619. The lowest BCUT2D eigenvalue weighted by Gasteiger charge is -2.34. The van der Waals surface area contributed by atoms with Crippen molar-refractivity contribution >= 4 is 17.5 Å². The number of hydrogen-bond acceptors (Lipinski definition) is 6. The van der Waals surface area contributed by atoms with Crippen molar-refractivity contribution in [2.45, 2.75) is 39.2 Å². The summed E-state index contributed by atoms with van der Waals surface area (Å²) in [5, 5.41) is 16.3. The van der Waals surface area contributed by atoms with E-state index in [-0.39, 0.29) is 5.91 Å². The van der Waals surface area contributed by atoms with E-state index in [4.69, 9.17) is 11.6 Å². The number of rotatable bonds is 10. The molecule has 2 aromatic rings. The minimum atomic E-state index is -0.458. The highest BCUT2D eigenvalue weighted by Crippen LogP contribution is 2.18.